The predicted molar refractivity (Wildman–Crippen MR) is 198 cm³/mol. The zero-order valence-corrected chi connectivity index (χ0v) is 30.0. The SMILES string of the molecule is CC(=O)OCC1COc2cc(-c3oc4ccccc4c(=O)c3C)ccc2O1.CC(=O)OCC1COc2ccc(-c3oc4ccccc4c(=O)c3C)cc2O1. The third-order valence-electron chi connectivity index (χ3n) is 8.84. The highest BCUT2D eigenvalue weighted by molar-refractivity contribution is 5.82. The van der Waals surface area contributed by atoms with E-state index >= 15 is 0 Å². The molecule has 6 aromatic rings. The lowest BCUT2D eigenvalue weighted by molar-refractivity contribution is -0.145. The molecule has 2 aromatic heterocycles. The molecule has 2 atom stereocenters. The number of carbonyl (C=O) groups is 2. The summed E-state index contributed by atoms with van der Waals surface area (Å²) in [6, 6.07) is 25.1. The van der Waals surface area contributed by atoms with Gasteiger partial charge in [0.15, 0.2) is 46.1 Å². The fourth-order valence-corrected chi connectivity index (χ4v) is 6.12. The number of fused-ring (bicyclic) bond motifs is 4. The second-order valence-electron chi connectivity index (χ2n) is 12.8. The standard InChI is InChI=1S/2C21H18O6/c1-12-20(23)16-5-3-4-6-17(16)27-21(12)14-7-8-18-19(9-14)25-11-15(26-18)10-24-13(2)22;1-12-20(23)16-5-3-4-6-17(16)27-21(12)14-7-8-18-19(9-14)26-15(11-25-18)10-24-13(2)22/h2*3-9,15H,10-11H2,1-2H3. The molecule has 0 spiro atoms. The van der Waals surface area contributed by atoms with Crippen molar-refractivity contribution in [3.05, 3.63) is 117 Å². The van der Waals surface area contributed by atoms with E-state index in [9.17, 15) is 19.2 Å². The lowest BCUT2D eigenvalue weighted by Gasteiger charge is -2.26. The molecule has 2 aliphatic rings. The van der Waals surface area contributed by atoms with Crippen molar-refractivity contribution >= 4 is 33.9 Å². The number of hydrogen-bond donors (Lipinski definition) is 0. The highest BCUT2D eigenvalue weighted by Crippen LogP contribution is 2.38. The van der Waals surface area contributed by atoms with Crippen LogP contribution in [-0.2, 0) is 19.1 Å². The summed E-state index contributed by atoms with van der Waals surface area (Å²) in [6.45, 7) is 7.00. The highest BCUT2D eigenvalue weighted by Gasteiger charge is 2.25. The molecular formula is C42H36O12. The van der Waals surface area contributed by atoms with Crippen LogP contribution in [0.25, 0.3) is 44.6 Å². The van der Waals surface area contributed by atoms with Gasteiger partial charge in [0.05, 0.1) is 10.8 Å². The Labute approximate surface area is 308 Å². The zero-order chi connectivity index (χ0) is 37.9. The number of carbonyl (C=O) groups excluding carboxylic acids is 2. The summed E-state index contributed by atoms with van der Waals surface area (Å²) in [5.41, 5.74) is 3.48. The van der Waals surface area contributed by atoms with Crippen molar-refractivity contribution < 1.29 is 46.8 Å². The molecule has 8 rings (SSSR count). The van der Waals surface area contributed by atoms with Crippen LogP contribution in [0.4, 0.5) is 0 Å². The third-order valence-corrected chi connectivity index (χ3v) is 8.84. The fourth-order valence-electron chi connectivity index (χ4n) is 6.12. The maximum Gasteiger partial charge on any atom is 0.302 e. The Morgan fingerprint density at radius 2 is 1.04 bits per heavy atom. The van der Waals surface area contributed by atoms with Gasteiger partial charge in [-0.3, -0.25) is 19.2 Å². The van der Waals surface area contributed by atoms with Crippen molar-refractivity contribution in [1.82, 2.24) is 0 Å². The molecule has 2 unspecified atom stereocenters. The van der Waals surface area contributed by atoms with Crippen LogP contribution in [-0.4, -0.2) is 50.6 Å². The molecule has 2 aliphatic heterocycles. The van der Waals surface area contributed by atoms with Crippen LogP contribution in [0, 0.1) is 13.8 Å². The lowest BCUT2D eigenvalue weighted by Crippen LogP contribution is -2.34. The molecule has 0 bridgehead atoms. The number of benzene rings is 4. The Morgan fingerprint density at radius 3 is 1.56 bits per heavy atom. The Hall–Kier alpha value is -6.56. The maximum absolute atomic E-state index is 12.6. The topological polar surface area (TPSA) is 150 Å². The van der Waals surface area contributed by atoms with Gasteiger partial charge in [0.2, 0.25) is 0 Å². The van der Waals surface area contributed by atoms with Gasteiger partial charge in [-0.2, -0.15) is 0 Å². The molecule has 0 saturated carbocycles. The fraction of sp³-hybridized carbons (Fsp3) is 0.238. The van der Waals surface area contributed by atoms with Gasteiger partial charge in [-0.05, 0) is 74.5 Å². The molecule has 12 heteroatoms. The van der Waals surface area contributed by atoms with Gasteiger partial charge in [-0.15, -0.1) is 0 Å². The van der Waals surface area contributed by atoms with Gasteiger partial charge >= 0.3 is 11.9 Å². The summed E-state index contributed by atoms with van der Waals surface area (Å²) in [7, 11) is 0. The molecule has 0 saturated heterocycles. The van der Waals surface area contributed by atoms with Gasteiger partial charge in [0, 0.05) is 36.1 Å². The second-order valence-corrected chi connectivity index (χ2v) is 12.8. The van der Waals surface area contributed by atoms with Crippen LogP contribution < -0.4 is 29.8 Å². The minimum Gasteiger partial charge on any atom is -0.486 e. The van der Waals surface area contributed by atoms with Crippen LogP contribution in [0.3, 0.4) is 0 Å². The average Bonchev–Trinajstić information content (AvgIpc) is 3.18. The van der Waals surface area contributed by atoms with Gasteiger partial charge in [-0.1, -0.05) is 24.3 Å². The first-order chi connectivity index (χ1) is 26.0. The molecule has 0 fully saturated rings. The molecule has 0 N–H and O–H groups in total. The number of para-hydroxylation sites is 2. The van der Waals surface area contributed by atoms with Crippen molar-refractivity contribution in [2.24, 2.45) is 0 Å². The van der Waals surface area contributed by atoms with Gasteiger partial charge in [0.1, 0.15) is 49.1 Å². The Balaban J connectivity index is 0.000000167. The smallest absolute Gasteiger partial charge is 0.302 e. The summed E-state index contributed by atoms with van der Waals surface area (Å²) in [5, 5.41) is 1.11. The van der Waals surface area contributed by atoms with Crippen LogP contribution in [0.5, 0.6) is 23.0 Å². The molecule has 12 nitrogen and oxygen atoms in total. The van der Waals surface area contributed by atoms with E-state index in [0.29, 0.717) is 79.8 Å². The van der Waals surface area contributed by atoms with Crippen LogP contribution >= 0.6 is 0 Å². The molecule has 4 aromatic carbocycles. The van der Waals surface area contributed by atoms with Crippen LogP contribution in [0.15, 0.2) is 103 Å². The molecule has 54 heavy (non-hydrogen) atoms. The van der Waals surface area contributed by atoms with Crippen LogP contribution in [0.2, 0.25) is 0 Å². The normalized spacial score (nSPS) is 15.6. The zero-order valence-electron chi connectivity index (χ0n) is 30.0. The number of hydrogen-bond acceptors (Lipinski definition) is 12. The van der Waals surface area contributed by atoms with Gasteiger partial charge in [0.25, 0.3) is 0 Å². The number of rotatable bonds is 6. The molecule has 0 amide bonds. The van der Waals surface area contributed by atoms with E-state index in [1.165, 1.54) is 13.8 Å². The summed E-state index contributed by atoms with van der Waals surface area (Å²) >= 11 is 0. The Bertz CT molecular complexity index is 2510. The van der Waals surface area contributed by atoms with Gasteiger partial charge < -0.3 is 37.3 Å². The minimum atomic E-state index is -0.388. The van der Waals surface area contributed by atoms with E-state index in [1.807, 2.05) is 36.4 Å². The average molecular weight is 733 g/mol. The van der Waals surface area contributed by atoms with E-state index in [4.69, 9.17) is 37.3 Å². The first-order valence-electron chi connectivity index (χ1n) is 17.2. The monoisotopic (exact) mass is 732 g/mol. The Kier molecular flexibility index (Phi) is 10.1. The van der Waals surface area contributed by atoms with E-state index < -0.39 is 0 Å². The molecular weight excluding hydrogens is 696 g/mol. The summed E-state index contributed by atoms with van der Waals surface area (Å²) in [4.78, 5) is 47.2. The predicted octanol–water partition coefficient (Wildman–Crippen LogP) is 6.94. The van der Waals surface area contributed by atoms with Crippen LogP contribution in [0.1, 0.15) is 25.0 Å². The van der Waals surface area contributed by atoms with E-state index in [1.54, 1.807) is 62.4 Å². The van der Waals surface area contributed by atoms with E-state index in [-0.39, 0.29) is 54.8 Å². The summed E-state index contributed by atoms with van der Waals surface area (Å²) < 4.78 is 45.0. The first kappa shape index (κ1) is 35.8. The van der Waals surface area contributed by atoms with Crippen molar-refractivity contribution in [1.29, 1.82) is 0 Å². The maximum atomic E-state index is 12.6. The molecule has 4 heterocycles. The third kappa shape index (κ3) is 7.49. The molecule has 0 aliphatic carbocycles. The number of ether oxygens (including phenoxy) is 6. The highest BCUT2D eigenvalue weighted by atomic mass is 16.6. The largest absolute Gasteiger partial charge is 0.486 e. The lowest BCUT2D eigenvalue weighted by atomic mass is 10.0. The number of esters is 2. The van der Waals surface area contributed by atoms with Crippen molar-refractivity contribution in [2.45, 2.75) is 39.9 Å². The summed E-state index contributed by atoms with van der Waals surface area (Å²) in [5.74, 6) is 2.50. The van der Waals surface area contributed by atoms with Gasteiger partial charge in [-0.25, -0.2) is 0 Å². The van der Waals surface area contributed by atoms with E-state index in [0.717, 1.165) is 5.56 Å². The summed E-state index contributed by atoms with van der Waals surface area (Å²) in [6.07, 6.45) is -0.742. The van der Waals surface area contributed by atoms with Crippen molar-refractivity contribution in [3.63, 3.8) is 0 Å². The quantitative estimate of drug-likeness (QED) is 0.163. The second kappa shape index (κ2) is 15.2. The minimum absolute atomic E-state index is 0.0526. The van der Waals surface area contributed by atoms with E-state index in [2.05, 4.69) is 0 Å². The van der Waals surface area contributed by atoms with Crippen molar-refractivity contribution in [2.75, 3.05) is 26.4 Å². The van der Waals surface area contributed by atoms with Crippen molar-refractivity contribution in [3.8, 4) is 45.6 Å². The molecule has 276 valence electrons. The first-order valence-corrected chi connectivity index (χ1v) is 17.2. The Morgan fingerprint density at radius 1 is 0.593 bits per heavy atom. The molecule has 0 radical (unpaired) electrons.